The van der Waals surface area contributed by atoms with Crippen LogP contribution in [0, 0.1) is 5.82 Å². The Hall–Kier alpha value is -2.47. The molecule has 116 valence electrons. The highest BCUT2D eigenvalue weighted by Crippen LogP contribution is 2.21. The average Bonchev–Trinajstić information content (AvgIpc) is 2.99. The van der Waals surface area contributed by atoms with E-state index in [-0.39, 0.29) is 24.0 Å². The number of hydrogen-bond donors (Lipinski definition) is 0. The Morgan fingerprint density at radius 2 is 2.04 bits per heavy atom. The lowest BCUT2D eigenvalue weighted by Crippen LogP contribution is -2.30. The normalized spacial score (nSPS) is 10.5. The summed E-state index contributed by atoms with van der Waals surface area (Å²) in [6.45, 7) is 0.186. The summed E-state index contributed by atoms with van der Waals surface area (Å²) in [6, 6.07) is 14.6. The molecule has 0 radical (unpaired) electrons. The highest BCUT2D eigenvalue weighted by atomic mass is 79.9. The first-order valence-electron chi connectivity index (χ1n) is 6.86. The number of amides is 1. The first-order chi connectivity index (χ1) is 11.1. The number of halogens is 2. The number of anilines is 1. The Balaban J connectivity index is 1.95. The Kier molecular flexibility index (Phi) is 4.52. The first kappa shape index (κ1) is 15.4. The van der Waals surface area contributed by atoms with Crippen LogP contribution in [0.5, 0.6) is 0 Å². The Morgan fingerprint density at radius 3 is 2.70 bits per heavy atom. The summed E-state index contributed by atoms with van der Waals surface area (Å²) in [5.41, 5.74) is 0.662. The fraction of sp³-hybridized carbons (Fsp3) is 0.0588. The molecule has 0 N–H and O–H groups in total. The third-order valence-corrected chi connectivity index (χ3v) is 3.61. The van der Waals surface area contributed by atoms with Crippen LogP contribution in [0.3, 0.4) is 0 Å². The summed E-state index contributed by atoms with van der Waals surface area (Å²) < 4.78 is 19.2. The lowest BCUT2D eigenvalue weighted by Gasteiger charge is -2.20. The monoisotopic (exact) mass is 374 g/mol. The molecular weight excluding hydrogens is 363 g/mol. The van der Waals surface area contributed by atoms with Crippen molar-refractivity contribution in [2.75, 3.05) is 4.90 Å². The van der Waals surface area contributed by atoms with E-state index in [1.54, 1.807) is 48.7 Å². The van der Waals surface area contributed by atoms with Gasteiger partial charge < -0.3 is 4.42 Å². The Morgan fingerprint density at radius 1 is 1.17 bits per heavy atom. The molecule has 0 fully saturated rings. The summed E-state index contributed by atoms with van der Waals surface area (Å²) in [5, 5.41) is 0. The predicted molar refractivity (Wildman–Crippen MR) is 87.6 cm³/mol. The zero-order chi connectivity index (χ0) is 16.2. The van der Waals surface area contributed by atoms with Crippen molar-refractivity contribution in [1.82, 2.24) is 4.98 Å². The van der Waals surface area contributed by atoms with Gasteiger partial charge in [0.25, 0.3) is 5.91 Å². The molecule has 2 heterocycles. The number of carbonyl (C=O) groups excluding carboxylic acids is 1. The van der Waals surface area contributed by atoms with E-state index >= 15 is 0 Å². The second-order valence-electron chi connectivity index (χ2n) is 4.81. The number of benzene rings is 1. The van der Waals surface area contributed by atoms with E-state index in [0.29, 0.717) is 16.1 Å². The molecule has 0 aliphatic rings. The van der Waals surface area contributed by atoms with E-state index < -0.39 is 0 Å². The minimum absolute atomic E-state index is 0.180. The van der Waals surface area contributed by atoms with Gasteiger partial charge in [0.2, 0.25) is 0 Å². The van der Waals surface area contributed by atoms with Crippen LogP contribution in [0.25, 0.3) is 0 Å². The third kappa shape index (κ3) is 3.65. The second kappa shape index (κ2) is 6.75. The molecule has 1 amide bonds. The number of carbonyl (C=O) groups is 1. The Labute approximate surface area is 140 Å². The van der Waals surface area contributed by atoms with E-state index in [9.17, 15) is 9.18 Å². The lowest BCUT2D eigenvalue weighted by molar-refractivity contribution is 0.0956. The molecule has 0 atom stereocenters. The number of furan rings is 1. The summed E-state index contributed by atoms with van der Waals surface area (Å²) in [4.78, 5) is 18.4. The SMILES string of the molecule is O=C(c1ccc(Br)o1)N(Cc1cccc(F)c1)c1ccccn1. The maximum absolute atomic E-state index is 13.4. The van der Waals surface area contributed by atoms with Gasteiger partial charge in [0, 0.05) is 6.20 Å². The smallest absolute Gasteiger partial charge is 0.295 e. The van der Waals surface area contributed by atoms with Crippen LogP contribution >= 0.6 is 15.9 Å². The second-order valence-corrected chi connectivity index (χ2v) is 5.59. The molecule has 0 aliphatic heterocycles. The quantitative estimate of drug-likeness (QED) is 0.678. The van der Waals surface area contributed by atoms with Crippen LogP contribution in [0.4, 0.5) is 10.2 Å². The van der Waals surface area contributed by atoms with Crippen molar-refractivity contribution >= 4 is 27.7 Å². The van der Waals surface area contributed by atoms with Gasteiger partial charge in [-0.05, 0) is 57.9 Å². The van der Waals surface area contributed by atoms with Crippen molar-refractivity contribution in [1.29, 1.82) is 0 Å². The van der Waals surface area contributed by atoms with Crippen molar-refractivity contribution in [3.05, 3.63) is 82.6 Å². The van der Waals surface area contributed by atoms with Gasteiger partial charge in [-0.1, -0.05) is 18.2 Å². The van der Waals surface area contributed by atoms with Crippen LogP contribution in [0.1, 0.15) is 16.1 Å². The number of hydrogen-bond acceptors (Lipinski definition) is 3. The molecule has 4 nitrogen and oxygen atoms in total. The maximum atomic E-state index is 13.4. The predicted octanol–water partition coefficient (Wildman–Crippen LogP) is 4.42. The van der Waals surface area contributed by atoms with Crippen molar-refractivity contribution in [3.8, 4) is 0 Å². The van der Waals surface area contributed by atoms with Crippen molar-refractivity contribution in [2.24, 2.45) is 0 Å². The van der Waals surface area contributed by atoms with E-state index in [0.717, 1.165) is 0 Å². The van der Waals surface area contributed by atoms with Crippen LogP contribution in [-0.4, -0.2) is 10.9 Å². The number of aromatic nitrogens is 1. The zero-order valence-corrected chi connectivity index (χ0v) is 13.5. The van der Waals surface area contributed by atoms with Crippen molar-refractivity contribution in [2.45, 2.75) is 6.54 Å². The zero-order valence-electron chi connectivity index (χ0n) is 11.9. The fourth-order valence-electron chi connectivity index (χ4n) is 2.15. The minimum atomic E-state index is -0.350. The van der Waals surface area contributed by atoms with Gasteiger partial charge in [-0.2, -0.15) is 0 Å². The van der Waals surface area contributed by atoms with Gasteiger partial charge in [0.05, 0.1) is 6.54 Å². The molecule has 0 saturated carbocycles. The summed E-state index contributed by atoms with van der Waals surface area (Å²) in [7, 11) is 0. The molecule has 6 heteroatoms. The third-order valence-electron chi connectivity index (χ3n) is 3.18. The van der Waals surface area contributed by atoms with Crippen LogP contribution < -0.4 is 4.90 Å². The minimum Gasteiger partial charge on any atom is -0.444 e. The standard InChI is InChI=1S/C17H12BrFN2O2/c18-15-8-7-14(23-15)17(22)21(16-6-1-2-9-20-16)11-12-4-3-5-13(19)10-12/h1-10H,11H2. The summed E-state index contributed by atoms with van der Waals surface area (Å²) in [5.74, 6) is -0.0523. The Bertz CT molecular complexity index is 820. The molecule has 2 aromatic heterocycles. The molecule has 0 bridgehead atoms. The molecule has 23 heavy (non-hydrogen) atoms. The van der Waals surface area contributed by atoms with Crippen molar-refractivity contribution in [3.63, 3.8) is 0 Å². The molecule has 3 aromatic rings. The van der Waals surface area contributed by atoms with Gasteiger partial charge in [-0.25, -0.2) is 9.37 Å². The first-order valence-corrected chi connectivity index (χ1v) is 7.65. The van der Waals surface area contributed by atoms with Crippen LogP contribution in [0.15, 0.2) is 69.9 Å². The van der Waals surface area contributed by atoms with Gasteiger partial charge in [0.15, 0.2) is 10.4 Å². The summed E-state index contributed by atoms with van der Waals surface area (Å²) >= 11 is 3.18. The number of rotatable bonds is 4. The van der Waals surface area contributed by atoms with E-state index in [1.807, 2.05) is 0 Å². The molecule has 0 saturated heterocycles. The van der Waals surface area contributed by atoms with Gasteiger partial charge in [0.1, 0.15) is 11.6 Å². The van der Waals surface area contributed by atoms with Gasteiger partial charge in [-0.15, -0.1) is 0 Å². The number of nitrogens with zero attached hydrogens (tertiary/aromatic N) is 2. The fourth-order valence-corrected chi connectivity index (χ4v) is 2.46. The lowest BCUT2D eigenvalue weighted by atomic mass is 10.2. The molecule has 3 rings (SSSR count). The maximum Gasteiger partial charge on any atom is 0.295 e. The van der Waals surface area contributed by atoms with Gasteiger partial charge >= 0.3 is 0 Å². The topological polar surface area (TPSA) is 46.3 Å². The number of pyridine rings is 1. The van der Waals surface area contributed by atoms with E-state index in [4.69, 9.17) is 4.42 Å². The van der Waals surface area contributed by atoms with Crippen molar-refractivity contribution < 1.29 is 13.6 Å². The van der Waals surface area contributed by atoms with Crippen LogP contribution in [0.2, 0.25) is 0 Å². The molecule has 1 aromatic carbocycles. The molecule has 0 spiro atoms. The molecular formula is C17H12BrFN2O2. The van der Waals surface area contributed by atoms with E-state index in [1.165, 1.54) is 17.0 Å². The largest absolute Gasteiger partial charge is 0.444 e. The van der Waals surface area contributed by atoms with E-state index in [2.05, 4.69) is 20.9 Å². The average molecular weight is 375 g/mol. The molecule has 0 unspecified atom stereocenters. The van der Waals surface area contributed by atoms with Crippen LogP contribution in [-0.2, 0) is 6.54 Å². The highest BCUT2D eigenvalue weighted by Gasteiger charge is 2.22. The summed E-state index contributed by atoms with van der Waals surface area (Å²) in [6.07, 6.45) is 1.60. The molecule has 0 aliphatic carbocycles. The highest BCUT2D eigenvalue weighted by molar-refractivity contribution is 9.10. The van der Waals surface area contributed by atoms with Gasteiger partial charge in [-0.3, -0.25) is 9.69 Å².